The van der Waals surface area contributed by atoms with Crippen LogP contribution in [0.3, 0.4) is 0 Å². The molecule has 1 fully saturated rings. The minimum Gasteiger partial charge on any atom is -0.367 e. The number of aromatic nitrogens is 3. The second kappa shape index (κ2) is 3.65. The molecule has 3 N–H and O–H groups in total. The maximum atomic E-state index is 11.4. The summed E-state index contributed by atoms with van der Waals surface area (Å²) in [6.45, 7) is 0.195. The Morgan fingerprint density at radius 2 is 2.50 bits per heavy atom. The van der Waals surface area contributed by atoms with Gasteiger partial charge in [0.1, 0.15) is 12.9 Å². The molecule has 0 aliphatic heterocycles. The van der Waals surface area contributed by atoms with E-state index < -0.39 is 0 Å². The second-order valence-corrected chi connectivity index (χ2v) is 3.50. The Kier molecular flexibility index (Phi) is 2.34. The number of carbonyl (C=O) groups is 1. The molecule has 1 saturated carbocycles. The number of nitrogen functional groups attached to an aromatic ring is 1. The Morgan fingerprint density at radius 3 is 3.00 bits per heavy atom. The summed E-state index contributed by atoms with van der Waals surface area (Å²) in [6.07, 6.45) is 4.84. The minimum atomic E-state index is -0.0281. The fraction of sp³-hybridized carbons (Fsp3) is 0.625. The van der Waals surface area contributed by atoms with Crippen LogP contribution in [-0.4, -0.2) is 26.7 Å². The predicted octanol–water partition coefficient (Wildman–Crippen LogP) is -0.471. The van der Waals surface area contributed by atoms with E-state index in [9.17, 15) is 4.79 Å². The van der Waals surface area contributed by atoms with Crippen molar-refractivity contribution >= 4 is 11.9 Å². The lowest BCUT2D eigenvalue weighted by molar-refractivity contribution is -0.123. The molecule has 2 rings (SSSR count). The van der Waals surface area contributed by atoms with E-state index in [0.29, 0.717) is 6.04 Å². The van der Waals surface area contributed by atoms with Crippen molar-refractivity contribution in [2.75, 3.05) is 5.73 Å². The molecule has 0 atom stereocenters. The van der Waals surface area contributed by atoms with Gasteiger partial charge in [0, 0.05) is 6.04 Å². The lowest BCUT2D eigenvalue weighted by atomic mass is 9.93. The number of nitrogens with zero attached hydrogens (tertiary/aromatic N) is 3. The summed E-state index contributed by atoms with van der Waals surface area (Å²) in [5, 5.41) is 6.73. The molecule has 1 amide bonds. The SMILES string of the molecule is Nc1ncn(CC(=O)NC2CCC2)n1. The monoisotopic (exact) mass is 195 g/mol. The normalized spacial score (nSPS) is 16.3. The predicted molar refractivity (Wildman–Crippen MR) is 50.2 cm³/mol. The van der Waals surface area contributed by atoms with Gasteiger partial charge in [0.25, 0.3) is 0 Å². The second-order valence-electron chi connectivity index (χ2n) is 3.50. The fourth-order valence-corrected chi connectivity index (χ4v) is 1.36. The first-order valence-corrected chi connectivity index (χ1v) is 4.68. The maximum Gasteiger partial charge on any atom is 0.242 e. The zero-order valence-electron chi connectivity index (χ0n) is 7.81. The van der Waals surface area contributed by atoms with Gasteiger partial charge in [-0.3, -0.25) is 4.79 Å². The van der Waals surface area contributed by atoms with Crippen molar-refractivity contribution in [1.29, 1.82) is 0 Å². The van der Waals surface area contributed by atoms with E-state index in [0.717, 1.165) is 12.8 Å². The molecule has 1 aromatic heterocycles. The highest BCUT2D eigenvalue weighted by Gasteiger charge is 2.19. The number of amides is 1. The number of anilines is 1. The first-order valence-electron chi connectivity index (χ1n) is 4.68. The topological polar surface area (TPSA) is 85.8 Å². The van der Waals surface area contributed by atoms with Crippen LogP contribution in [-0.2, 0) is 11.3 Å². The summed E-state index contributed by atoms with van der Waals surface area (Å²) in [4.78, 5) is 15.1. The molecule has 0 saturated heterocycles. The standard InChI is InChI=1S/C8H13N5O/c9-8-10-5-13(12-8)4-7(14)11-6-2-1-3-6/h5-6H,1-4H2,(H2,9,12)(H,11,14). The van der Waals surface area contributed by atoms with Crippen molar-refractivity contribution in [3.63, 3.8) is 0 Å². The molecule has 1 aliphatic rings. The van der Waals surface area contributed by atoms with Crippen molar-refractivity contribution in [2.45, 2.75) is 31.8 Å². The van der Waals surface area contributed by atoms with Gasteiger partial charge in [0.05, 0.1) is 0 Å². The van der Waals surface area contributed by atoms with Gasteiger partial charge in [-0.05, 0) is 19.3 Å². The summed E-state index contributed by atoms with van der Waals surface area (Å²) < 4.78 is 1.43. The first-order chi connectivity index (χ1) is 6.74. The average molecular weight is 195 g/mol. The van der Waals surface area contributed by atoms with Crippen LogP contribution in [0.5, 0.6) is 0 Å². The largest absolute Gasteiger partial charge is 0.367 e. The van der Waals surface area contributed by atoms with Crippen molar-refractivity contribution < 1.29 is 4.79 Å². The quantitative estimate of drug-likeness (QED) is 0.682. The minimum absolute atomic E-state index is 0.0281. The molecule has 0 spiro atoms. The molecule has 76 valence electrons. The van der Waals surface area contributed by atoms with Gasteiger partial charge >= 0.3 is 0 Å². The van der Waals surface area contributed by atoms with Crippen LogP contribution in [0.2, 0.25) is 0 Å². The summed E-state index contributed by atoms with van der Waals surface area (Å²) in [6, 6.07) is 0.364. The zero-order valence-corrected chi connectivity index (χ0v) is 7.81. The molecule has 14 heavy (non-hydrogen) atoms. The van der Waals surface area contributed by atoms with Crippen LogP contribution in [0.4, 0.5) is 5.95 Å². The van der Waals surface area contributed by atoms with E-state index >= 15 is 0 Å². The van der Waals surface area contributed by atoms with Crippen molar-refractivity contribution in [3.05, 3.63) is 6.33 Å². The molecular weight excluding hydrogens is 182 g/mol. The average Bonchev–Trinajstić information content (AvgIpc) is 2.44. The van der Waals surface area contributed by atoms with Gasteiger partial charge in [-0.2, -0.15) is 0 Å². The highest BCUT2D eigenvalue weighted by Crippen LogP contribution is 2.17. The maximum absolute atomic E-state index is 11.4. The molecule has 6 nitrogen and oxygen atoms in total. The summed E-state index contributed by atoms with van der Waals surface area (Å²) in [5.74, 6) is 0.168. The molecule has 0 bridgehead atoms. The van der Waals surface area contributed by atoms with Crippen molar-refractivity contribution in [1.82, 2.24) is 20.1 Å². The van der Waals surface area contributed by atoms with Crippen LogP contribution in [0.25, 0.3) is 0 Å². The Bertz CT molecular complexity index is 330. The third-order valence-electron chi connectivity index (χ3n) is 2.33. The van der Waals surface area contributed by atoms with Crippen LogP contribution >= 0.6 is 0 Å². The molecule has 1 aromatic rings. The summed E-state index contributed by atoms with van der Waals surface area (Å²) in [7, 11) is 0. The molecule has 0 radical (unpaired) electrons. The van der Waals surface area contributed by atoms with Gasteiger partial charge in [0.2, 0.25) is 11.9 Å². The van der Waals surface area contributed by atoms with E-state index in [2.05, 4.69) is 15.4 Å². The molecule has 1 aliphatic carbocycles. The van der Waals surface area contributed by atoms with E-state index in [4.69, 9.17) is 5.73 Å². The third-order valence-corrected chi connectivity index (χ3v) is 2.33. The van der Waals surface area contributed by atoms with Crippen LogP contribution < -0.4 is 11.1 Å². The van der Waals surface area contributed by atoms with Crippen molar-refractivity contribution in [2.24, 2.45) is 0 Å². The van der Waals surface area contributed by atoms with Crippen LogP contribution in [0.1, 0.15) is 19.3 Å². The number of hydrogen-bond acceptors (Lipinski definition) is 4. The fourth-order valence-electron chi connectivity index (χ4n) is 1.36. The van der Waals surface area contributed by atoms with Gasteiger partial charge < -0.3 is 11.1 Å². The summed E-state index contributed by atoms with van der Waals surface area (Å²) in [5.41, 5.74) is 5.32. The number of nitrogens with two attached hydrogens (primary N) is 1. The Labute approximate surface area is 81.5 Å². The molecule has 0 aromatic carbocycles. The van der Waals surface area contributed by atoms with E-state index in [-0.39, 0.29) is 18.4 Å². The van der Waals surface area contributed by atoms with Crippen LogP contribution in [0, 0.1) is 0 Å². The van der Waals surface area contributed by atoms with Gasteiger partial charge in [-0.15, -0.1) is 5.10 Å². The highest BCUT2D eigenvalue weighted by molar-refractivity contribution is 5.76. The molecular formula is C8H13N5O. The number of rotatable bonds is 3. The van der Waals surface area contributed by atoms with Crippen LogP contribution in [0.15, 0.2) is 6.33 Å². The smallest absolute Gasteiger partial charge is 0.242 e. The molecule has 0 unspecified atom stereocenters. The number of hydrogen-bond donors (Lipinski definition) is 2. The number of nitrogens with one attached hydrogen (secondary N) is 1. The third kappa shape index (κ3) is 2.01. The Balaban J connectivity index is 1.81. The Morgan fingerprint density at radius 1 is 1.71 bits per heavy atom. The Hall–Kier alpha value is -1.59. The van der Waals surface area contributed by atoms with E-state index in [1.165, 1.54) is 17.4 Å². The highest BCUT2D eigenvalue weighted by atomic mass is 16.2. The lowest BCUT2D eigenvalue weighted by Crippen LogP contribution is -2.41. The van der Waals surface area contributed by atoms with Gasteiger partial charge in [0.15, 0.2) is 0 Å². The van der Waals surface area contributed by atoms with Gasteiger partial charge in [-0.1, -0.05) is 0 Å². The van der Waals surface area contributed by atoms with Crippen molar-refractivity contribution in [3.8, 4) is 0 Å². The lowest BCUT2D eigenvalue weighted by Gasteiger charge is -2.26. The zero-order chi connectivity index (χ0) is 9.97. The number of carbonyl (C=O) groups excluding carboxylic acids is 1. The molecule has 1 heterocycles. The van der Waals surface area contributed by atoms with E-state index in [1.54, 1.807) is 0 Å². The molecule has 6 heteroatoms. The summed E-state index contributed by atoms with van der Waals surface area (Å²) >= 11 is 0. The van der Waals surface area contributed by atoms with Gasteiger partial charge in [-0.25, -0.2) is 9.67 Å². The van der Waals surface area contributed by atoms with E-state index in [1.807, 2.05) is 0 Å². The first kappa shape index (κ1) is 8.98.